The highest BCUT2D eigenvalue weighted by Crippen LogP contribution is 2.20. The third-order valence-electron chi connectivity index (χ3n) is 4.49. The minimum Gasteiger partial charge on any atom is -0.350 e. The Kier molecular flexibility index (Phi) is 5.16. The molecule has 0 radical (unpaired) electrons. The minimum atomic E-state index is -0.0779. The van der Waals surface area contributed by atoms with E-state index in [4.69, 9.17) is 0 Å². The van der Waals surface area contributed by atoms with Gasteiger partial charge in [-0.2, -0.15) is 0 Å². The SMILES string of the molecule is CCCn1c(=O)c2sccc2n2c(CCC(=O)NCc3ccccn3)nnc12. The first kappa shape index (κ1) is 18.3. The van der Waals surface area contributed by atoms with Gasteiger partial charge in [0.1, 0.15) is 10.5 Å². The van der Waals surface area contributed by atoms with E-state index in [0.717, 1.165) is 17.6 Å². The Morgan fingerprint density at radius 1 is 1.25 bits per heavy atom. The maximum atomic E-state index is 12.7. The van der Waals surface area contributed by atoms with Gasteiger partial charge in [0.25, 0.3) is 5.56 Å². The van der Waals surface area contributed by atoms with E-state index in [1.807, 2.05) is 41.0 Å². The lowest BCUT2D eigenvalue weighted by Gasteiger charge is -2.08. The number of rotatable bonds is 7. The van der Waals surface area contributed by atoms with Crippen LogP contribution in [0.5, 0.6) is 0 Å². The molecule has 0 saturated heterocycles. The second-order valence-electron chi connectivity index (χ2n) is 6.44. The number of amides is 1. The smallest absolute Gasteiger partial charge is 0.272 e. The lowest BCUT2D eigenvalue weighted by atomic mass is 10.2. The molecule has 0 aliphatic rings. The van der Waals surface area contributed by atoms with Crippen molar-refractivity contribution in [3.63, 3.8) is 0 Å². The lowest BCUT2D eigenvalue weighted by Crippen LogP contribution is -2.24. The van der Waals surface area contributed by atoms with E-state index in [-0.39, 0.29) is 17.9 Å². The molecule has 4 heterocycles. The van der Waals surface area contributed by atoms with Gasteiger partial charge in [-0.15, -0.1) is 21.5 Å². The summed E-state index contributed by atoms with van der Waals surface area (Å²) in [7, 11) is 0. The molecule has 28 heavy (non-hydrogen) atoms. The quantitative estimate of drug-likeness (QED) is 0.517. The van der Waals surface area contributed by atoms with E-state index in [2.05, 4.69) is 20.5 Å². The maximum absolute atomic E-state index is 12.7. The van der Waals surface area contributed by atoms with Crippen molar-refractivity contribution in [2.45, 2.75) is 39.3 Å². The normalized spacial score (nSPS) is 11.3. The highest BCUT2D eigenvalue weighted by atomic mass is 32.1. The van der Waals surface area contributed by atoms with Crippen LogP contribution in [0, 0.1) is 0 Å². The summed E-state index contributed by atoms with van der Waals surface area (Å²) in [6.45, 7) is 2.99. The largest absolute Gasteiger partial charge is 0.350 e. The average Bonchev–Trinajstić information content (AvgIpc) is 3.35. The first-order valence-electron chi connectivity index (χ1n) is 9.19. The Morgan fingerprint density at radius 2 is 2.14 bits per heavy atom. The first-order chi connectivity index (χ1) is 13.7. The summed E-state index contributed by atoms with van der Waals surface area (Å²) in [6.07, 6.45) is 3.24. The van der Waals surface area contributed by atoms with Crippen molar-refractivity contribution in [3.8, 4) is 0 Å². The number of hydrogen-bond acceptors (Lipinski definition) is 6. The zero-order valence-corrected chi connectivity index (χ0v) is 16.3. The van der Waals surface area contributed by atoms with E-state index in [1.165, 1.54) is 11.3 Å². The molecular formula is C19H20N6O2S. The Hall–Kier alpha value is -3.07. The Bertz CT molecular complexity index is 1180. The van der Waals surface area contributed by atoms with Gasteiger partial charge in [-0.3, -0.25) is 23.5 Å². The molecule has 0 fully saturated rings. The fourth-order valence-electron chi connectivity index (χ4n) is 3.17. The van der Waals surface area contributed by atoms with E-state index in [0.29, 0.717) is 35.8 Å². The summed E-state index contributed by atoms with van der Waals surface area (Å²) in [6, 6.07) is 7.50. The van der Waals surface area contributed by atoms with Crippen molar-refractivity contribution in [2.24, 2.45) is 0 Å². The van der Waals surface area contributed by atoms with Crippen LogP contribution in [0.25, 0.3) is 16.0 Å². The molecule has 0 unspecified atom stereocenters. The zero-order chi connectivity index (χ0) is 19.5. The second-order valence-corrected chi connectivity index (χ2v) is 7.36. The first-order valence-corrected chi connectivity index (χ1v) is 10.1. The molecule has 4 aromatic heterocycles. The summed E-state index contributed by atoms with van der Waals surface area (Å²) < 4.78 is 4.24. The molecule has 1 amide bonds. The van der Waals surface area contributed by atoms with Gasteiger partial charge >= 0.3 is 0 Å². The molecule has 1 N–H and O–H groups in total. The van der Waals surface area contributed by atoms with Crippen molar-refractivity contribution in [2.75, 3.05) is 0 Å². The summed E-state index contributed by atoms with van der Waals surface area (Å²) in [5.74, 6) is 1.13. The van der Waals surface area contributed by atoms with E-state index in [1.54, 1.807) is 10.8 Å². The topological polar surface area (TPSA) is 94.2 Å². The minimum absolute atomic E-state index is 0.0357. The summed E-state index contributed by atoms with van der Waals surface area (Å²) in [5, 5.41) is 13.3. The highest BCUT2D eigenvalue weighted by molar-refractivity contribution is 7.17. The molecule has 4 aromatic rings. The van der Waals surface area contributed by atoms with Crippen LogP contribution in [-0.4, -0.2) is 30.1 Å². The third-order valence-corrected chi connectivity index (χ3v) is 5.39. The van der Waals surface area contributed by atoms with Crippen molar-refractivity contribution in [1.29, 1.82) is 0 Å². The van der Waals surface area contributed by atoms with Crippen LogP contribution in [0.15, 0.2) is 40.6 Å². The molecule has 0 atom stereocenters. The number of pyridine rings is 1. The van der Waals surface area contributed by atoms with Gasteiger partial charge in [0, 0.05) is 25.6 Å². The standard InChI is InChI=1S/C19H20N6O2S/c1-2-10-24-18(27)17-14(8-11-28-17)25-15(22-23-19(24)25)6-7-16(26)21-12-13-5-3-4-9-20-13/h3-5,8-9,11H,2,6-7,10,12H2,1H3,(H,21,26). The molecule has 4 rings (SSSR count). The molecule has 9 heteroatoms. The number of aryl methyl sites for hydroxylation is 2. The van der Waals surface area contributed by atoms with Gasteiger partial charge in [-0.05, 0) is 30.0 Å². The van der Waals surface area contributed by atoms with E-state index in [9.17, 15) is 9.59 Å². The van der Waals surface area contributed by atoms with Crippen LogP contribution in [0.4, 0.5) is 0 Å². The average molecular weight is 396 g/mol. The monoisotopic (exact) mass is 396 g/mol. The fourth-order valence-corrected chi connectivity index (χ4v) is 4.00. The highest BCUT2D eigenvalue weighted by Gasteiger charge is 2.17. The fraction of sp³-hybridized carbons (Fsp3) is 0.316. The summed E-state index contributed by atoms with van der Waals surface area (Å²) in [4.78, 5) is 29.1. The number of nitrogens with one attached hydrogen (secondary N) is 1. The van der Waals surface area contributed by atoms with Gasteiger partial charge in [-0.1, -0.05) is 13.0 Å². The predicted molar refractivity (Wildman–Crippen MR) is 107 cm³/mol. The summed E-state index contributed by atoms with van der Waals surface area (Å²) >= 11 is 1.42. The molecule has 8 nitrogen and oxygen atoms in total. The number of nitrogens with zero attached hydrogens (tertiary/aromatic N) is 5. The molecule has 0 spiro atoms. The molecule has 0 aliphatic heterocycles. The van der Waals surface area contributed by atoms with Crippen LogP contribution in [0.1, 0.15) is 31.3 Å². The van der Waals surface area contributed by atoms with Crippen molar-refractivity contribution >= 4 is 33.2 Å². The maximum Gasteiger partial charge on any atom is 0.272 e. The van der Waals surface area contributed by atoms with Crippen LogP contribution < -0.4 is 10.9 Å². The van der Waals surface area contributed by atoms with Crippen LogP contribution in [-0.2, 0) is 24.3 Å². The predicted octanol–water partition coefficient (Wildman–Crippen LogP) is 2.16. The third kappa shape index (κ3) is 3.40. The number of carbonyl (C=O) groups excluding carboxylic acids is 1. The number of hydrogen-bond donors (Lipinski definition) is 1. The summed E-state index contributed by atoms with van der Waals surface area (Å²) in [5.41, 5.74) is 1.57. The van der Waals surface area contributed by atoms with Crippen LogP contribution >= 0.6 is 11.3 Å². The van der Waals surface area contributed by atoms with E-state index >= 15 is 0 Å². The Balaban J connectivity index is 1.56. The van der Waals surface area contributed by atoms with Gasteiger partial charge in [0.2, 0.25) is 11.7 Å². The van der Waals surface area contributed by atoms with Crippen molar-refractivity contribution in [1.82, 2.24) is 29.5 Å². The van der Waals surface area contributed by atoms with Gasteiger partial charge in [-0.25, -0.2) is 0 Å². The Morgan fingerprint density at radius 3 is 2.93 bits per heavy atom. The van der Waals surface area contributed by atoms with Gasteiger partial charge in [0.05, 0.1) is 17.8 Å². The molecule has 144 valence electrons. The molecule has 0 saturated carbocycles. The molecule has 0 aliphatic carbocycles. The second kappa shape index (κ2) is 7.89. The number of carbonyl (C=O) groups is 1. The molecular weight excluding hydrogens is 376 g/mol. The Labute approximate surface area is 164 Å². The lowest BCUT2D eigenvalue weighted by molar-refractivity contribution is -0.121. The van der Waals surface area contributed by atoms with Crippen molar-refractivity contribution < 1.29 is 4.79 Å². The van der Waals surface area contributed by atoms with E-state index < -0.39 is 0 Å². The van der Waals surface area contributed by atoms with Crippen LogP contribution in [0.3, 0.4) is 0 Å². The number of fused-ring (bicyclic) bond motifs is 3. The molecule has 0 bridgehead atoms. The van der Waals surface area contributed by atoms with Gasteiger partial charge < -0.3 is 5.32 Å². The zero-order valence-electron chi connectivity index (χ0n) is 15.5. The molecule has 0 aromatic carbocycles. The number of thiophene rings is 1. The van der Waals surface area contributed by atoms with Crippen LogP contribution in [0.2, 0.25) is 0 Å². The van der Waals surface area contributed by atoms with Crippen molar-refractivity contribution in [3.05, 3.63) is 57.7 Å². The van der Waals surface area contributed by atoms with Gasteiger partial charge in [0.15, 0.2) is 0 Å². The number of aromatic nitrogens is 5.